The van der Waals surface area contributed by atoms with Gasteiger partial charge in [-0.25, -0.2) is 19.2 Å². The molecule has 2 aromatic rings. The largest absolute Gasteiger partial charge is 0.465 e. The number of aromatic nitrogens is 2. The summed E-state index contributed by atoms with van der Waals surface area (Å²) in [6.45, 7) is 1.80. The van der Waals surface area contributed by atoms with Crippen LogP contribution in [0.15, 0.2) is 18.3 Å². The summed E-state index contributed by atoms with van der Waals surface area (Å²) in [6, 6.07) is 2.69. The lowest BCUT2D eigenvalue weighted by Gasteiger charge is -2.18. The van der Waals surface area contributed by atoms with Crippen molar-refractivity contribution in [1.82, 2.24) is 20.6 Å². The molecule has 0 radical (unpaired) electrons. The third kappa shape index (κ3) is 5.55. The van der Waals surface area contributed by atoms with E-state index in [0.717, 1.165) is 5.56 Å². The quantitative estimate of drug-likeness (QED) is 0.286. The summed E-state index contributed by atoms with van der Waals surface area (Å²) in [6.07, 6.45) is 2.17. The first-order chi connectivity index (χ1) is 19.3. The Morgan fingerprint density at radius 2 is 2.15 bits per heavy atom. The fourth-order valence-corrected chi connectivity index (χ4v) is 5.55. The van der Waals surface area contributed by atoms with Gasteiger partial charge in [0.15, 0.2) is 18.2 Å². The van der Waals surface area contributed by atoms with Crippen LogP contribution in [0.3, 0.4) is 0 Å². The Morgan fingerprint density at radius 3 is 2.98 bits per heavy atom. The summed E-state index contributed by atoms with van der Waals surface area (Å²) in [5.74, 6) is -0.113. The standard InChI is InChI=1S/C26H30FN7O6/c27-19-6-15(31-24(37)20-7-16(35)9-29-20)5-14-3-13(4-18(14)19)8-28-2-1-17-11-34(26(38)40-17)21-10-30-25-23(32-21)33-22(36)12-39-25/h5-6,10,13,16-17,20,28-29,35H,1-4,7-9,11-12H2,(H,31,37)(H,32,33,36)/t13?,16-,17?,20+/m0/s1. The maximum atomic E-state index is 14.8. The second-order valence-corrected chi connectivity index (χ2v) is 10.5. The normalized spacial score (nSPS) is 25.2. The van der Waals surface area contributed by atoms with Gasteiger partial charge in [-0.3, -0.25) is 14.5 Å². The van der Waals surface area contributed by atoms with Crippen molar-refractivity contribution in [3.05, 3.63) is 35.3 Å². The Bertz CT molecular complexity index is 1340. The molecule has 13 nitrogen and oxygen atoms in total. The number of aliphatic hydroxyl groups excluding tert-OH is 1. The summed E-state index contributed by atoms with van der Waals surface area (Å²) in [7, 11) is 0. The van der Waals surface area contributed by atoms with Gasteiger partial charge in [-0.05, 0) is 68.0 Å². The first-order valence-electron chi connectivity index (χ1n) is 13.3. The summed E-state index contributed by atoms with van der Waals surface area (Å²) >= 11 is 0. The molecule has 1 aromatic heterocycles. The first-order valence-corrected chi connectivity index (χ1v) is 13.3. The maximum Gasteiger partial charge on any atom is 0.415 e. The lowest BCUT2D eigenvalue weighted by Crippen LogP contribution is -2.35. The highest BCUT2D eigenvalue weighted by Gasteiger charge is 2.34. The van der Waals surface area contributed by atoms with Gasteiger partial charge in [0, 0.05) is 12.2 Å². The van der Waals surface area contributed by atoms with Gasteiger partial charge < -0.3 is 35.8 Å². The Labute approximate surface area is 228 Å². The average molecular weight is 556 g/mol. The molecule has 4 heterocycles. The zero-order valence-corrected chi connectivity index (χ0v) is 21.6. The zero-order valence-electron chi connectivity index (χ0n) is 21.6. The number of hydrogen-bond acceptors (Lipinski definition) is 10. The number of hydrogen-bond donors (Lipinski definition) is 5. The summed E-state index contributed by atoms with van der Waals surface area (Å²) < 4.78 is 25.5. The van der Waals surface area contributed by atoms with Crippen molar-refractivity contribution in [2.24, 2.45) is 5.92 Å². The van der Waals surface area contributed by atoms with Crippen molar-refractivity contribution in [2.45, 2.75) is 43.9 Å². The van der Waals surface area contributed by atoms with E-state index in [1.54, 1.807) is 0 Å². The van der Waals surface area contributed by atoms with Crippen LogP contribution in [-0.4, -0.2) is 84.0 Å². The summed E-state index contributed by atoms with van der Waals surface area (Å²) in [5, 5.41) is 21.3. The molecule has 14 heteroatoms. The van der Waals surface area contributed by atoms with Crippen LogP contribution in [-0.2, 0) is 27.2 Å². The molecule has 3 aliphatic heterocycles. The molecular formula is C26H30FN7O6. The van der Waals surface area contributed by atoms with E-state index in [1.165, 1.54) is 17.2 Å². The minimum atomic E-state index is -0.551. The molecule has 1 aliphatic carbocycles. The van der Waals surface area contributed by atoms with Crippen molar-refractivity contribution < 1.29 is 33.4 Å². The van der Waals surface area contributed by atoms with Crippen LogP contribution in [0.25, 0.3) is 0 Å². The topological polar surface area (TPSA) is 167 Å². The van der Waals surface area contributed by atoms with Crippen molar-refractivity contribution in [2.75, 3.05) is 48.3 Å². The molecule has 2 saturated heterocycles. The van der Waals surface area contributed by atoms with Crippen molar-refractivity contribution in [3.63, 3.8) is 0 Å². The number of nitrogens with one attached hydrogen (secondary N) is 4. The molecule has 0 saturated carbocycles. The fourth-order valence-electron chi connectivity index (χ4n) is 5.55. The third-order valence-electron chi connectivity index (χ3n) is 7.53. The number of benzene rings is 1. The van der Waals surface area contributed by atoms with Gasteiger partial charge in [0.2, 0.25) is 5.91 Å². The minimum absolute atomic E-state index is 0.131. The molecule has 2 fully saturated rings. The zero-order chi connectivity index (χ0) is 27.8. The van der Waals surface area contributed by atoms with Crippen LogP contribution in [0.4, 0.5) is 26.5 Å². The minimum Gasteiger partial charge on any atom is -0.465 e. The van der Waals surface area contributed by atoms with E-state index in [2.05, 4.69) is 31.2 Å². The van der Waals surface area contributed by atoms with Gasteiger partial charge in [0.05, 0.1) is 24.9 Å². The molecule has 0 bridgehead atoms. The molecule has 4 aliphatic rings. The number of ether oxygens (including phenoxy) is 2. The fraction of sp³-hybridized carbons (Fsp3) is 0.500. The maximum absolute atomic E-state index is 14.8. The highest BCUT2D eigenvalue weighted by molar-refractivity contribution is 5.95. The molecule has 2 unspecified atom stereocenters. The summed E-state index contributed by atoms with van der Waals surface area (Å²) in [5.41, 5.74) is 1.98. The Kier molecular flexibility index (Phi) is 7.21. The van der Waals surface area contributed by atoms with Crippen LogP contribution in [0.5, 0.6) is 5.88 Å². The molecular weight excluding hydrogens is 525 g/mol. The van der Waals surface area contributed by atoms with Crippen molar-refractivity contribution in [1.29, 1.82) is 0 Å². The number of amides is 3. The van der Waals surface area contributed by atoms with Crippen molar-refractivity contribution >= 4 is 35.2 Å². The second kappa shape index (κ2) is 10.9. The van der Waals surface area contributed by atoms with Gasteiger partial charge in [0.1, 0.15) is 11.9 Å². The molecule has 6 rings (SSSR count). The Balaban J connectivity index is 0.961. The number of rotatable bonds is 8. The molecule has 4 atom stereocenters. The van der Waals surface area contributed by atoms with Crippen LogP contribution in [0, 0.1) is 11.7 Å². The van der Waals surface area contributed by atoms with Crippen LogP contribution < -0.4 is 30.9 Å². The smallest absolute Gasteiger partial charge is 0.415 e. The molecule has 5 N–H and O–H groups in total. The molecule has 1 aromatic carbocycles. The molecule has 0 spiro atoms. The number of carbonyl (C=O) groups is 3. The number of halogens is 1. The predicted molar refractivity (Wildman–Crippen MR) is 140 cm³/mol. The van der Waals surface area contributed by atoms with Gasteiger partial charge in [0.25, 0.3) is 11.8 Å². The van der Waals surface area contributed by atoms with E-state index in [9.17, 15) is 23.9 Å². The van der Waals surface area contributed by atoms with Crippen LogP contribution >= 0.6 is 0 Å². The second-order valence-electron chi connectivity index (χ2n) is 10.5. The number of cyclic esters (lactones) is 1. The predicted octanol–water partition coefficient (Wildman–Crippen LogP) is 0.328. The highest BCUT2D eigenvalue weighted by atomic mass is 19.1. The van der Waals surface area contributed by atoms with Gasteiger partial charge >= 0.3 is 6.09 Å². The lowest BCUT2D eigenvalue weighted by atomic mass is 10.1. The van der Waals surface area contributed by atoms with Crippen molar-refractivity contribution in [3.8, 4) is 5.88 Å². The lowest BCUT2D eigenvalue weighted by molar-refractivity contribution is -0.119. The average Bonchev–Trinajstić information content (AvgIpc) is 3.64. The van der Waals surface area contributed by atoms with E-state index in [-0.39, 0.29) is 53.8 Å². The number of nitrogens with zero attached hydrogens (tertiary/aromatic N) is 3. The number of carbonyl (C=O) groups excluding carboxylic acids is 3. The third-order valence-corrected chi connectivity index (χ3v) is 7.53. The van der Waals surface area contributed by atoms with E-state index >= 15 is 0 Å². The molecule has 40 heavy (non-hydrogen) atoms. The Hall–Kier alpha value is -3.88. The monoisotopic (exact) mass is 555 g/mol. The van der Waals surface area contributed by atoms with Crippen LogP contribution in [0.1, 0.15) is 24.0 Å². The molecule has 3 amide bonds. The number of aliphatic hydroxyl groups is 1. The SMILES string of the molecule is O=C1COc2ncc(N3CC(CCNCC4Cc5cc(NC(=O)[C@H]6C[C@H](O)CN6)cc(F)c5C4)OC3=O)nc2N1. The number of fused-ring (bicyclic) bond motifs is 2. The Morgan fingerprint density at radius 1 is 1.27 bits per heavy atom. The van der Waals surface area contributed by atoms with E-state index in [1.807, 2.05) is 6.07 Å². The van der Waals surface area contributed by atoms with Gasteiger partial charge in [-0.2, -0.15) is 0 Å². The van der Waals surface area contributed by atoms with Crippen LogP contribution in [0.2, 0.25) is 0 Å². The first kappa shape index (κ1) is 26.3. The number of β-amino-alcohol motifs (C(OH)–C–C–N with tert-alkyl or cyclic N) is 1. The highest BCUT2D eigenvalue weighted by Crippen LogP contribution is 2.32. The summed E-state index contributed by atoms with van der Waals surface area (Å²) in [4.78, 5) is 46.2. The van der Waals surface area contributed by atoms with E-state index in [4.69, 9.17) is 9.47 Å². The van der Waals surface area contributed by atoms with Gasteiger partial charge in [-0.1, -0.05) is 0 Å². The number of anilines is 3. The van der Waals surface area contributed by atoms with E-state index < -0.39 is 18.2 Å². The molecule has 212 valence electrons. The van der Waals surface area contributed by atoms with Gasteiger partial charge in [-0.15, -0.1) is 0 Å². The van der Waals surface area contributed by atoms with E-state index in [0.29, 0.717) is 63.1 Å².